The molecule has 1 aliphatic rings. The average molecular weight is 327 g/mol. The third-order valence-corrected chi connectivity index (χ3v) is 5.66. The molecule has 0 saturated heterocycles. The van der Waals surface area contributed by atoms with E-state index in [1.165, 1.54) is 21.7 Å². The molecule has 3 rings (SSSR count). The molecule has 1 unspecified atom stereocenters. The number of hydrogen-bond donors (Lipinski definition) is 0. The molecule has 0 N–H and O–H groups in total. The van der Waals surface area contributed by atoms with Gasteiger partial charge >= 0.3 is 0 Å². The molecule has 2 aromatic rings. The maximum atomic E-state index is 11.4. The van der Waals surface area contributed by atoms with Crippen LogP contribution in [0.15, 0.2) is 35.7 Å². The molecule has 3 heteroatoms. The second kappa shape index (κ2) is 7.78. The van der Waals surface area contributed by atoms with Crippen molar-refractivity contribution < 1.29 is 4.79 Å². The Morgan fingerprint density at radius 3 is 2.96 bits per heavy atom. The van der Waals surface area contributed by atoms with Gasteiger partial charge in [0.05, 0.1) is 0 Å². The van der Waals surface area contributed by atoms with Crippen molar-refractivity contribution in [3.05, 3.63) is 51.7 Å². The van der Waals surface area contributed by atoms with Gasteiger partial charge in [0.2, 0.25) is 0 Å². The minimum atomic E-state index is 0.0967. The Hall–Kier alpha value is -1.61. The number of carbonyl (C=O) groups is 1. The first-order valence-electron chi connectivity index (χ1n) is 8.67. The molecule has 0 aliphatic heterocycles. The summed E-state index contributed by atoms with van der Waals surface area (Å²) in [6.07, 6.45) is 6.61. The van der Waals surface area contributed by atoms with Gasteiger partial charge in [0, 0.05) is 29.6 Å². The maximum absolute atomic E-state index is 11.4. The van der Waals surface area contributed by atoms with Crippen molar-refractivity contribution >= 4 is 23.3 Å². The summed E-state index contributed by atoms with van der Waals surface area (Å²) in [5.41, 5.74) is 3.91. The molecule has 1 atom stereocenters. The number of anilines is 1. The summed E-state index contributed by atoms with van der Waals surface area (Å²) in [5, 5.41) is 2.15. The van der Waals surface area contributed by atoms with Gasteiger partial charge < -0.3 is 9.69 Å². The third kappa shape index (κ3) is 3.84. The van der Waals surface area contributed by atoms with Crippen LogP contribution >= 0.6 is 11.3 Å². The van der Waals surface area contributed by atoms with E-state index in [0.29, 0.717) is 0 Å². The highest BCUT2D eigenvalue weighted by atomic mass is 32.1. The lowest BCUT2D eigenvalue weighted by atomic mass is 9.83. The van der Waals surface area contributed by atoms with Crippen LogP contribution < -0.4 is 4.90 Å². The van der Waals surface area contributed by atoms with Crippen molar-refractivity contribution in [2.24, 2.45) is 0 Å². The molecule has 0 spiro atoms. The summed E-state index contributed by atoms with van der Waals surface area (Å²) in [5.74, 6) is 0.0967. The summed E-state index contributed by atoms with van der Waals surface area (Å²) in [4.78, 5) is 15.3. The van der Waals surface area contributed by atoms with Crippen LogP contribution in [-0.4, -0.2) is 19.4 Å². The zero-order valence-electron chi connectivity index (χ0n) is 13.8. The van der Waals surface area contributed by atoms with E-state index in [4.69, 9.17) is 0 Å². The van der Waals surface area contributed by atoms with Crippen molar-refractivity contribution in [1.82, 2.24) is 0 Å². The predicted molar refractivity (Wildman–Crippen MR) is 98.7 cm³/mol. The van der Waals surface area contributed by atoms with Gasteiger partial charge in [0.25, 0.3) is 0 Å². The van der Waals surface area contributed by atoms with E-state index in [9.17, 15) is 4.79 Å². The smallest absolute Gasteiger partial charge is 0.127 e. The van der Waals surface area contributed by atoms with Gasteiger partial charge in [-0.05, 0) is 66.8 Å². The average Bonchev–Trinajstić information content (AvgIpc) is 3.11. The van der Waals surface area contributed by atoms with Gasteiger partial charge in [-0.25, -0.2) is 0 Å². The summed E-state index contributed by atoms with van der Waals surface area (Å²) in [7, 11) is 0. The first-order valence-corrected chi connectivity index (χ1v) is 9.55. The first kappa shape index (κ1) is 16.3. The van der Waals surface area contributed by atoms with E-state index >= 15 is 0 Å². The Labute approximate surface area is 143 Å². The summed E-state index contributed by atoms with van der Waals surface area (Å²) >= 11 is 1.83. The lowest BCUT2D eigenvalue weighted by Crippen LogP contribution is -2.27. The first-order chi connectivity index (χ1) is 11.3. The van der Waals surface area contributed by atoms with Crippen LogP contribution in [0.25, 0.3) is 0 Å². The molecule has 122 valence electrons. The van der Waals surface area contributed by atoms with Crippen molar-refractivity contribution in [3.8, 4) is 0 Å². The van der Waals surface area contributed by atoms with Crippen LogP contribution in [0.1, 0.15) is 48.1 Å². The fourth-order valence-electron chi connectivity index (χ4n) is 3.50. The van der Waals surface area contributed by atoms with Gasteiger partial charge in [0.1, 0.15) is 6.29 Å². The molecule has 0 fully saturated rings. The van der Waals surface area contributed by atoms with Crippen molar-refractivity contribution in [3.63, 3.8) is 0 Å². The molecule has 0 bridgehead atoms. The Balaban J connectivity index is 1.80. The highest BCUT2D eigenvalue weighted by Gasteiger charge is 2.20. The van der Waals surface area contributed by atoms with E-state index in [-0.39, 0.29) is 5.92 Å². The second-order valence-corrected chi connectivity index (χ2v) is 7.37. The molecule has 1 heterocycles. The van der Waals surface area contributed by atoms with Crippen LogP contribution in [0.2, 0.25) is 0 Å². The lowest BCUT2D eigenvalue weighted by Gasteiger charge is -2.28. The van der Waals surface area contributed by atoms with Gasteiger partial charge in [-0.2, -0.15) is 0 Å². The van der Waals surface area contributed by atoms with Gasteiger partial charge in [-0.15, -0.1) is 11.3 Å². The highest BCUT2D eigenvalue weighted by molar-refractivity contribution is 7.09. The van der Waals surface area contributed by atoms with E-state index in [1.807, 2.05) is 11.3 Å². The number of thiophene rings is 1. The Kier molecular flexibility index (Phi) is 5.50. The summed E-state index contributed by atoms with van der Waals surface area (Å²) in [6.45, 7) is 4.33. The summed E-state index contributed by atoms with van der Waals surface area (Å²) in [6, 6.07) is 11.1. The van der Waals surface area contributed by atoms with Crippen LogP contribution in [0, 0.1) is 0 Å². The van der Waals surface area contributed by atoms with E-state index in [1.54, 1.807) is 0 Å². The Bertz CT molecular complexity index is 635. The van der Waals surface area contributed by atoms with Crippen LogP contribution in [0.3, 0.4) is 0 Å². The maximum Gasteiger partial charge on any atom is 0.127 e. The topological polar surface area (TPSA) is 20.3 Å². The second-order valence-electron chi connectivity index (χ2n) is 6.33. The monoisotopic (exact) mass is 327 g/mol. The molecule has 1 aromatic heterocycles. The molecule has 0 amide bonds. The molecule has 0 radical (unpaired) electrons. The van der Waals surface area contributed by atoms with E-state index in [2.05, 4.69) is 47.5 Å². The standard InChI is InChI=1S/C20H25NOS/c1-2-11-21(12-10-19-7-4-13-23-19)18-9-8-16-5-3-6-17(15-22)20(16)14-18/h4,7-9,13-15,17H,2-3,5-6,10-12H2,1H3. The lowest BCUT2D eigenvalue weighted by molar-refractivity contribution is -0.109. The normalized spacial score (nSPS) is 16.8. The number of aldehydes is 1. The highest BCUT2D eigenvalue weighted by Crippen LogP contribution is 2.33. The molecule has 1 aromatic carbocycles. The van der Waals surface area contributed by atoms with Gasteiger partial charge in [-0.3, -0.25) is 0 Å². The number of hydrogen-bond acceptors (Lipinski definition) is 3. The molecular formula is C20H25NOS. The number of nitrogens with zero attached hydrogens (tertiary/aromatic N) is 1. The number of aryl methyl sites for hydroxylation is 1. The zero-order valence-corrected chi connectivity index (χ0v) is 14.6. The molecule has 1 aliphatic carbocycles. The van der Waals surface area contributed by atoms with Crippen LogP contribution in [0.5, 0.6) is 0 Å². The minimum absolute atomic E-state index is 0.0967. The van der Waals surface area contributed by atoms with Crippen molar-refractivity contribution in [2.75, 3.05) is 18.0 Å². The molecule has 0 saturated carbocycles. The van der Waals surface area contributed by atoms with E-state index in [0.717, 1.165) is 51.5 Å². The fraction of sp³-hybridized carbons (Fsp3) is 0.450. The quantitative estimate of drug-likeness (QED) is 0.679. The Morgan fingerprint density at radius 2 is 2.22 bits per heavy atom. The van der Waals surface area contributed by atoms with Crippen molar-refractivity contribution in [1.29, 1.82) is 0 Å². The molecule has 23 heavy (non-hydrogen) atoms. The zero-order chi connectivity index (χ0) is 16.1. The number of benzene rings is 1. The minimum Gasteiger partial charge on any atom is -0.371 e. The van der Waals surface area contributed by atoms with Gasteiger partial charge in [-0.1, -0.05) is 19.1 Å². The summed E-state index contributed by atoms with van der Waals surface area (Å²) < 4.78 is 0. The largest absolute Gasteiger partial charge is 0.371 e. The Morgan fingerprint density at radius 1 is 1.30 bits per heavy atom. The molecular weight excluding hydrogens is 302 g/mol. The number of rotatable bonds is 7. The number of fused-ring (bicyclic) bond motifs is 1. The van der Waals surface area contributed by atoms with E-state index < -0.39 is 0 Å². The van der Waals surface area contributed by atoms with Gasteiger partial charge in [0.15, 0.2) is 0 Å². The SMILES string of the molecule is CCCN(CCc1cccs1)c1ccc2c(c1)C(C=O)CCC2. The van der Waals surface area contributed by atoms with Crippen LogP contribution in [-0.2, 0) is 17.6 Å². The number of carbonyl (C=O) groups excluding carboxylic acids is 1. The van der Waals surface area contributed by atoms with Crippen LogP contribution in [0.4, 0.5) is 5.69 Å². The molecule has 2 nitrogen and oxygen atoms in total. The fourth-order valence-corrected chi connectivity index (χ4v) is 4.20. The van der Waals surface area contributed by atoms with Crippen molar-refractivity contribution in [2.45, 2.75) is 44.9 Å². The third-order valence-electron chi connectivity index (χ3n) is 4.72. The predicted octanol–water partition coefficient (Wildman–Crippen LogP) is 4.83.